The number of carbonyl (C=O) groups excluding carboxylic acids is 3. The van der Waals surface area contributed by atoms with Crippen LogP contribution < -0.4 is 20.6 Å². The van der Waals surface area contributed by atoms with Crippen LogP contribution >= 0.6 is 11.3 Å². The van der Waals surface area contributed by atoms with Gasteiger partial charge < -0.3 is 15.5 Å². The van der Waals surface area contributed by atoms with Crippen molar-refractivity contribution in [1.29, 1.82) is 0 Å². The highest BCUT2D eigenvalue weighted by Crippen LogP contribution is 2.39. The van der Waals surface area contributed by atoms with E-state index in [0.717, 1.165) is 34.4 Å². The molecule has 3 heterocycles. The summed E-state index contributed by atoms with van der Waals surface area (Å²) in [5.41, 5.74) is -0.0102. The van der Waals surface area contributed by atoms with Crippen LogP contribution in [-0.4, -0.2) is 45.6 Å². The minimum absolute atomic E-state index is 0.00947. The molecule has 17 heteroatoms. The van der Waals surface area contributed by atoms with Gasteiger partial charge in [0, 0.05) is 34.8 Å². The number of urea groups is 1. The number of amides is 3. The number of hydrogen-bond donors (Lipinski definition) is 2. The zero-order valence-corrected chi connectivity index (χ0v) is 26.0. The summed E-state index contributed by atoms with van der Waals surface area (Å²) in [6.07, 6.45) is -4.20. The van der Waals surface area contributed by atoms with Gasteiger partial charge in [-0.2, -0.15) is 18.2 Å². The van der Waals surface area contributed by atoms with Gasteiger partial charge in [-0.05, 0) is 42.2 Å². The summed E-state index contributed by atoms with van der Waals surface area (Å²) in [5.74, 6) is -6.00. The molecule has 2 N–H and O–H groups in total. The number of anilines is 4. The monoisotopic (exact) mass is 675 g/mol. The molecule has 4 aromatic rings. The first-order valence-corrected chi connectivity index (χ1v) is 14.7. The van der Waals surface area contributed by atoms with E-state index >= 15 is 8.78 Å². The lowest BCUT2D eigenvalue weighted by atomic mass is 9.97. The Kier molecular flexibility index (Phi) is 8.85. The topological polar surface area (TPSA) is 130 Å². The third-order valence-corrected chi connectivity index (χ3v) is 7.42. The average molecular weight is 676 g/mol. The number of nitrogens with zero attached hydrogens (tertiary/aromatic N) is 5. The Morgan fingerprint density at radius 3 is 2.43 bits per heavy atom. The van der Waals surface area contributed by atoms with Gasteiger partial charge in [0.25, 0.3) is 5.91 Å². The standard InChI is InChI=1S/C30H26F5N7O4S/c1-15-8-9-16(24(43)42(28-36-10-11-47-28)46-25(44)30(33,34)35)12-17(15)21-18-13-37-27(45)41(22-19(31)6-5-7-20(22)32)23(18)40-26(39-21)38-14-29(2,3)4/h5-12H,13-14H2,1-4H3,(H,37,45)(H,38,39,40). The highest BCUT2D eigenvalue weighted by Gasteiger charge is 2.44. The van der Waals surface area contributed by atoms with Gasteiger partial charge in [0.15, 0.2) is 5.82 Å². The van der Waals surface area contributed by atoms with E-state index in [4.69, 9.17) is 0 Å². The van der Waals surface area contributed by atoms with Crippen molar-refractivity contribution in [1.82, 2.24) is 20.3 Å². The summed E-state index contributed by atoms with van der Waals surface area (Å²) < 4.78 is 69.3. The Bertz CT molecular complexity index is 1840. The largest absolute Gasteiger partial charge is 0.493 e. The lowest BCUT2D eigenvalue weighted by molar-refractivity contribution is -0.199. The third-order valence-electron chi connectivity index (χ3n) is 6.68. The number of aromatic nitrogens is 3. The molecule has 2 aromatic carbocycles. The number of carbonyl (C=O) groups is 3. The molecule has 0 radical (unpaired) electrons. The van der Waals surface area contributed by atoms with E-state index in [1.54, 1.807) is 6.92 Å². The Hall–Kier alpha value is -5.19. The van der Waals surface area contributed by atoms with Gasteiger partial charge in [-0.1, -0.05) is 32.9 Å². The Morgan fingerprint density at radius 1 is 1.11 bits per heavy atom. The Morgan fingerprint density at radius 2 is 1.81 bits per heavy atom. The molecule has 0 saturated heterocycles. The molecular formula is C30H26F5N7O4S. The van der Waals surface area contributed by atoms with E-state index < -0.39 is 41.4 Å². The molecule has 0 unspecified atom stereocenters. The number of aryl methyl sites for hydroxylation is 1. The molecule has 11 nitrogen and oxygen atoms in total. The second-order valence-electron chi connectivity index (χ2n) is 11.5. The number of benzene rings is 2. The molecule has 1 aliphatic rings. The average Bonchev–Trinajstić information content (AvgIpc) is 3.53. The first-order valence-electron chi connectivity index (χ1n) is 13.9. The van der Waals surface area contributed by atoms with Crippen LogP contribution in [-0.2, 0) is 16.2 Å². The number of hydroxylamine groups is 1. The van der Waals surface area contributed by atoms with Gasteiger partial charge in [-0.25, -0.2) is 33.2 Å². The quantitative estimate of drug-likeness (QED) is 0.171. The number of halogens is 5. The van der Waals surface area contributed by atoms with Crippen molar-refractivity contribution < 1.29 is 41.2 Å². The number of hydrogen-bond acceptors (Lipinski definition) is 9. The van der Waals surface area contributed by atoms with Crippen LogP contribution in [0, 0.1) is 24.0 Å². The molecule has 0 aliphatic carbocycles. The van der Waals surface area contributed by atoms with E-state index in [2.05, 4.69) is 30.4 Å². The fourth-order valence-electron chi connectivity index (χ4n) is 4.46. The van der Waals surface area contributed by atoms with Crippen molar-refractivity contribution in [3.05, 3.63) is 76.3 Å². The lowest BCUT2D eigenvalue weighted by Crippen LogP contribution is -2.43. The summed E-state index contributed by atoms with van der Waals surface area (Å²) >= 11 is 0.752. The molecule has 0 saturated carbocycles. The third kappa shape index (κ3) is 6.98. The second kappa shape index (κ2) is 12.5. The lowest BCUT2D eigenvalue weighted by Gasteiger charge is -2.31. The summed E-state index contributed by atoms with van der Waals surface area (Å²) in [5, 5.41) is 6.81. The minimum Gasteiger partial charge on any atom is -0.354 e. The molecular weight excluding hydrogens is 649 g/mol. The van der Waals surface area contributed by atoms with E-state index in [0.29, 0.717) is 12.1 Å². The number of fused-ring (bicyclic) bond motifs is 1. The first kappa shape index (κ1) is 33.2. The van der Waals surface area contributed by atoms with Gasteiger partial charge in [0.05, 0.1) is 12.2 Å². The highest BCUT2D eigenvalue weighted by molar-refractivity contribution is 7.13. The fourth-order valence-corrected chi connectivity index (χ4v) is 5.04. The van der Waals surface area contributed by atoms with Crippen LogP contribution in [0.2, 0.25) is 0 Å². The normalized spacial score (nSPS) is 13.1. The van der Waals surface area contributed by atoms with Crippen molar-refractivity contribution in [3.8, 4) is 11.3 Å². The van der Waals surface area contributed by atoms with Crippen LogP contribution in [0.4, 0.5) is 49.3 Å². The highest BCUT2D eigenvalue weighted by atomic mass is 32.1. The van der Waals surface area contributed by atoms with Crippen LogP contribution in [0.15, 0.2) is 48.0 Å². The van der Waals surface area contributed by atoms with E-state index in [1.807, 2.05) is 20.8 Å². The minimum atomic E-state index is -5.40. The van der Waals surface area contributed by atoms with Crippen LogP contribution in [0.3, 0.4) is 0 Å². The van der Waals surface area contributed by atoms with Crippen molar-refractivity contribution in [2.75, 3.05) is 21.8 Å². The Balaban J connectivity index is 1.67. The predicted octanol–water partition coefficient (Wildman–Crippen LogP) is 6.67. The summed E-state index contributed by atoms with van der Waals surface area (Å²) in [4.78, 5) is 56.5. The molecule has 0 fully saturated rings. The smallest absolute Gasteiger partial charge is 0.354 e. The van der Waals surface area contributed by atoms with Crippen molar-refractivity contribution in [2.24, 2.45) is 5.41 Å². The zero-order chi connectivity index (χ0) is 34.3. The van der Waals surface area contributed by atoms with Crippen molar-refractivity contribution in [3.63, 3.8) is 0 Å². The van der Waals surface area contributed by atoms with Gasteiger partial charge in [0.2, 0.25) is 11.1 Å². The summed E-state index contributed by atoms with van der Waals surface area (Å²) in [7, 11) is 0. The molecule has 3 amide bonds. The van der Waals surface area contributed by atoms with Crippen LogP contribution in [0.1, 0.15) is 42.3 Å². The zero-order valence-electron chi connectivity index (χ0n) is 25.2. The molecule has 246 valence electrons. The van der Waals surface area contributed by atoms with Crippen LogP contribution in [0.25, 0.3) is 11.3 Å². The molecule has 0 bridgehead atoms. The predicted molar refractivity (Wildman–Crippen MR) is 162 cm³/mol. The second-order valence-corrected chi connectivity index (χ2v) is 12.4. The molecule has 5 rings (SSSR count). The first-order chi connectivity index (χ1) is 22.0. The number of rotatable bonds is 6. The molecule has 1 aliphatic heterocycles. The number of nitrogens with one attached hydrogen (secondary N) is 2. The molecule has 2 aromatic heterocycles. The van der Waals surface area contributed by atoms with E-state index in [-0.39, 0.29) is 56.3 Å². The van der Waals surface area contributed by atoms with Crippen molar-refractivity contribution >= 4 is 51.8 Å². The SMILES string of the molecule is Cc1ccc(C(=O)N(OC(=O)C(F)(F)F)c2nccs2)cc1-c1nc(NCC(C)(C)C)nc2c1CNC(=O)N2c1c(F)cccc1F. The fraction of sp³-hybridized carbons (Fsp3) is 0.267. The van der Waals surface area contributed by atoms with E-state index in [1.165, 1.54) is 29.8 Å². The van der Waals surface area contributed by atoms with Gasteiger partial charge in [0.1, 0.15) is 17.3 Å². The Labute approximate surface area is 268 Å². The van der Waals surface area contributed by atoms with Crippen molar-refractivity contribution in [2.45, 2.75) is 40.4 Å². The molecule has 47 heavy (non-hydrogen) atoms. The van der Waals surface area contributed by atoms with Gasteiger partial charge in [-0.15, -0.1) is 16.4 Å². The van der Waals surface area contributed by atoms with Crippen LogP contribution in [0.5, 0.6) is 0 Å². The maximum Gasteiger partial charge on any atom is 0.493 e. The molecule has 0 spiro atoms. The number of para-hydroxylation sites is 1. The maximum absolute atomic E-state index is 15.0. The number of alkyl halides is 3. The maximum atomic E-state index is 15.0. The summed E-state index contributed by atoms with van der Waals surface area (Å²) in [6.45, 7) is 7.64. The number of thiazole rings is 1. The van der Waals surface area contributed by atoms with Gasteiger partial charge >= 0.3 is 18.2 Å². The molecule has 0 atom stereocenters. The summed E-state index contributed by atoms with van der Waals surface area (Å²) in [6, 6.07) is 6.35. The van der Waals surface area contributed by atoms with Gasteiger partial charge in [-0.3, -0.25) is 4.79 Å². The van der Waals surface area contributed by atoms with E-state index in [9.17, 15) is 27.6 Å².